The molecule has 1 saturated heterocycles. The predicted molar refractivity (Wildman–Crippen MR) is 180 cm³/mol. The van der Waals surface area contributed by atoms with Crippen LogP contribution in [0.15, 0.2) is 91.0 Å². The molecule has 12 heteroatoms. The van der Waals surface area contributed by atoms with E-state index < -0.39 is 55.5 Å². The number of carbonyl (C=O) groups is 2. The normalized spacial score (nSPS) is 21.5. The molecule has 4 rings (SSSR count). The van der Waals surface area contributed by atoms with Crippen molar-refractivity contribution in [2.24, 2.45) is 0 Å². The van der Waals surface area contributed by atoms with Crippen molar-refractivity contribution in [2.75, 3.05) is 19.8 Å². The van der Waals surface area contributed by atoms with E-state index >= 15 is 0 Å². The Morgan fingerprint density at radius 2 is 1.42 bits per heavy atom. The number of rotatable bonds is 18. The van der Waals surface area contributed by atoms with Gasteiger partial charge in [0.2, 0.25) is 0 Å². The second-order valence-corrected chi connectivity index (χ2v) is 11.7. The van der Waals surface area contributed by atoms with Crippen molar-refractivity contribution < 1.29 is 49.6 Å². The summed E-state index contributed by atoms with van der Waals surface area (Å²) in [4.78, 5) is 25.9. The fourth-order valence-corrected chi connectivity index (χ4v) is 5.12. The Bertz CT molecular complexity index is 1420. The van der Waals surface area contributed by atoms with E-state index in [1.165, 1.54) is 0 Å². The van der Waals surface area contributed by atoms with Gasteiger partial charge >= 0.3 is 12.1 Å². The van der Waals surface area contributed by atoms with Crippen molar-refractivity contribution in [1.82, 2.24) is 5.32 Å². The van der Waals surface area contributed by atoms with Crippen molar-refractivity contribution in [3.05, 3.63) is 108 Å². The van der Waals surface area contributed by atoms with Gasteiger partial charge in [-0.2, -0.15) is 0 Å². The van der Waals surface area contributed by atoms with Crippen LogP contribution in [0.4, 0.5) is 4.79 Å². The summed E-state index contributed by atoms with van der Waals surface area (Å²) in [5, 5.41) is 22.1. The number of alkyl carbamates (subject to hydrolysis) is 1. The second-order valence-electron chi connectivity index (χ2n) is 11.2. The standard InChI is InChI=1S/C36H43NO10S/c1-25(48)19-30-32(47-31(40)17-18-37-36(41)45-23-28-15-9-4-10-16-28)33(42-21-26-11-5-2-6-12-26)34(35(46-30)44-24-29(39)20-38)43-22-27-13-7-3-8-14-27/h2-16,29-30,32-35,38-39H,17-24H2,1H3,(H,37,41)/t29?,30-,32-,33+,34-,35?/m1/s1/i1D. The molecule has 0 spiro atoms. The molecule has 0 bridgehead atoms. The van der Waals surface area contributed by atoms with E-state index in [1.54, 1.807) is 0 Å². The van der Waals surface area contributed by atoms with Crippen LogP contribution in [-0.4, -0.2) is 83.7 Å². The van der Waals surface area contributed by atoms with E-state index in [0.717, 1.165) is 16.7 Å². The van der Waals surface area contributed by atoms with Crippen LogP contribution in [0, 0.1) is 0 Å². The molecular weight excluding hydrogens is 638 g/mol. The van der Waals surface area contributed by atoms with Crippen molar-refractivity contribution in [3.63, 3.8) is 0 Å². The van der Waals surface area contributed by atoms with Gasteiger partial charge in [-0.25, -0.2) is 4.79 Å². The first-order valence-corrected chi connectivity index (χ1v) is 16.1. The summed E-state index contributed by atoms with van der Waals surface area (Å²) >= 11 is 5.39. The van der Waals surface area contributed by atoms with Crippen LogP contribution >= 0.6 is 12.2 Å². The monoisotopic (exact) mass is 682 g/mol. The lowest BCUT2D eigenvalue weighted by Gasteiger charge is -2.45. The number of hydrogen-bond donors (Lipinski definition) is 3. The summed E-state index contributed by atoms with van der Waals surface area (Å²) < 4.78 is 44.1. The predicted octanol–water partition coefficient (Wildman–Crippen LogP) is 4.26. The molecule has 6 atom stereocenters. The number of hydrogen-bond acceptors (Lipinski definition) is 11. The Hall–Kier alpha value is -3.75. The molecule has 2 unspecified atom stereocenters. The number of benzene rings is 3. The topological polar surface area (TPSA) is 142 Å². The van der Waals surface area contributed by atoms with E-state index in [9.17, 15) is 19.8 Å². The Morgan fingerprint density at radius 1 is 0.854 bits per heavy atom. The van der Waals surface area contributed by atoms with E-state index in [-0.39, 0.29) is 52.7 Å². The first-order valence-electron chi connectivity index (χ1n) is 16.4. The molecule has 258 valence electrons. The van der Waals surface area contributed by atoms with Crippen LogP contribution < -0.4 is 5.32 Å². The van der Waals surface area contributed by atoms with Crippen molar-refractivity contribution in [2.45, 2.75) is 76.4 Å². The Labute approximate surface area is 287 Å². The van der Waals surface area contributed by atoms with Gasteiger partial charge in [-0.15, -0.1) is 0 Å². The molecular formula is C36H43NO10S. The van der Waals surface area contributed by atoms with Gasteiger partial charge in [-0.3, -0.25) is 4.79 Å². The van der Waals surface area contributed by atoms with Gasteiger partial charge in [-0.05, 0) is 28.5 Å². The third-order valence-electron chi connectivity index (χ3n) is 7.33. The molecule has 1 aliphatic heterocycles. The van der Waals surface area contributed by atoms with Crippen LogP contribution in [0.5, 0.6) is 0 Å². The first-order chi connectivity index (χ1) is 23.9. The van der Waals surface area contributed by atoms with Gasteiger partial charge in [0.1, 0.15) is 31.0 Å². The van der Waals surface area contributed by atoms with Gasteiger partial charge in [0.25, 0.3) is 0 Å². The van der Waals surface area contributed by atoms with Crippen molar-refractivity contribution >= 4 is 29.1 Å². The molecule has 1 aliphatic rings. The van der Waals surface area contributed by atoms with E-state index in [1.807, 2.05) is 91.0 Å². The smallest absolute Gasteiger partial charge is 0.407 e. The number of carbonyl (C=O) groups excluding carboxylic acids is 2. The number of aliphatic hydroxyl groups excluding tert-OH is 2. The van der Waals surface area contributed by atoms with Crippen LogP contribution in [-0.2, 0) is 53.0 Å². The summed E-state index contributed by atoms with van der Waals surface area (Å²) in [7, 11) is 0. The zero-order chi connectivity index (χ0) is 34.8. The highest BCUT2D eigenvalue weighted by Crippen LogP contribution is 2.32. The molecule has 1 fully saturated rings. The van der Waals surface area contributed by atoms with Crippen molar-refractivity contribution in [3.8, 4) is 0 Å². The van der Waals surface area contributed by atoms with E-state index in [0.29, 0.717) is 4.86 Å². The highest BCUT2D eigenvalue weighted by Gasteiger charge is 2.50. The number of thiocarbonyl (C=S) groups is 1. The summed E-state index contributed by atoms with van der Waals surface area (Å²) in [5.41, 5.74) is 2.53. The summed E-state index contributed by atoms with van der Waals surface area (Å²) in [6.45, 7) is -0.680. The highest BCUT2D eigenvalue weighted by atomic mass is 32.1. The third-order valence-corrected chi connectivity index (χ3v) is 7.50. The van der Waals surface area contributed by atoms with Crippen LogP contribution in [0.25, 0.3) is 0 Å². The van der Waals surface area contributed by atoms with Gasteiger partial charge in [-0.1, -0.05) is 103 Å². The second kappa shape index (κ2) is 19.9. The third kappa shape index (κ3) is 12.4. The maximum absolute atomic E-state index is 13.3. The zero-order valence-corrected chi connectivity index (χ0v) is 27.4. The average molecular weight is 683 g/mol. The molecule has 3 aromatic rings. The molecule has 1 heterocycles. The summed E-state index contributed by atoms with van der Waals surface area (Å²) in [6, 6.07) is 28.0. The molecule has 0 radical (unpaired) electrons. The fourth-order valence-electron chi connectivity index (χ4n) is 4.95. The van der Waals surface area contributed by atoms with E-state index in [2.05, 4.69) is 5.32 Å². The van der Waals surface area contributed by atoms with Crippen LogP contribution in [0.3, 0.4) is 0 Å². The first kappa shape index (κ1) is 35.6. The SMILES string of the molecule is [2H]CC(=S)C[C@H]1OC(OCC(O)CO)[C@H](OCc2ccccc2)[C@@H](OCc2ccccc2)[C@@H]1OC(=O)CCNC(=O)OCc1ccccc1. The summed E-state index contributed by atoms with van der Waals surface area (Å²) in [6.07, 6.45) is -7.00. The minimum absolute atomic E-state index is 0.0515. The lowest BCUT2D eigenvalue weighted by atomic mass is 9.95. The summed E-state index contributed by atoms with van der Waals surface area (Å²) in [5.74, 6) is -0.649. The lowest BCUT2D eigenvalue weighted by Crippen LogP contribution is -2.61. The quantitative estimate of drug-likeness (QED) is 0.131. The number of amides is 1. The molecule has 3 aromatic carbocycles. The number of esters is 1. The maximum Gasteiger partial charge on any atom is 0.407 e. The molecule has 0 saturated carbocycles. The minimum Gasteiger partial charge on any atom is -0.457 e. The van der Waals surface area contributed by atoms with Crippen LogP contribution in [0.2, 0.25) is 0 Å². The maximum atomic E-state index is 13.3. The Balaban J connectivity index is 1.53. The number of aliphatic hydroxyl groups is 2. The molecule has 48 heavy (non-hydrogen) atoms. The van der Waals surface area contributed by atoms with Gasteiger partial charge in [0.05, 0.1) is 32.8 Å². The van der Waals surface area contributed by atoms with Crippen LogP contribution in [0.1, 0.15) is 37.8 Å². The Morgan fingerprint density at radius 3 is 1.98 bits per heavy atom. The van der Waals surface area contributed by atoms with Gasteiger partial charge < -0.3 is 44.0 Å². The molecule has 0 aromatic heterocycles. The molecule has 0 aliphatic carbocycles. The van der Waals surface area contributed by atoms with Gasteiger partial charge in [0.15, 0.2) is 12.4 Å². The fraction of sp³-hybridized carbons (Fsp3) is 0.417. The molecule has 3 N–H and O–H groups in total. The zero-order valence-electron chi connectivity index (χ0n) is 27.6. The largest absolute Gasteiger partial charge is 0.457 e. The minimum atomic E-state index is -1.18. The number of nitrogens with one attached hydrogen (secondary N) is 1. The average Bonchev–Trinajstić information content (AvgIpc) is 3.13. The molecule has 11 nitrogen and oxygen atoms in total. The Kier molecular flexibility index (Phi) is 14.8. The van der Waals surface area contributed by atoms with E-state index in [4.69, 9.17) is 42.0 Å². The molecule has 1 amide bonds. The van der Waals surface area contributed by atoms with Gasteiger partial charge in [0, 0.05) is 14.3 Å². The van der Waals surface area contributed by atoms with Crippen molar-refractivity contribution in [1.29, 1.82) is 0 Å². The lowest BCUT2D eigenvalue weighted by molar-refractivity contribution is -0.319. The highest BCUT2D eigenvalue weighted by molar-refractivity contribution is 7.80. The number of ether oxygens (including phenoxy) is 6.